The van der Waals surface area contributed by atoms with Crippen molar-refractivity contribution in [3.05, 3.63) is 18.9 Å². The van der Waals surface area contributed by atoms with Crippen LogP contribution in [0, 0.1) is 0 Å². The van der Waals surface area contributed by atoms with E-state index in [2.05, 4.69) is 9.40 Å². The van der Waals surface area contributed by atoms with Crippen molar-refractivity contribution in [3.8, 4) is 0 Å². The highest BCUT2D eigenvalue weighted by Gasteiger charge is 1.59. The summed E-state index contributed by atoms with van der Waals surface area (Å²) in [6.07, 6.45) is 4.47. The van der Waals surface area contributed by atoms with Crippen LogP contribution in [0.3, 0.4) is 0 Å². The predicted molar refractivity (Wildman–Crippen MR) is 27.6 cm³/mol. The first-order chi connectivity index (χ1) is 2.50. The Balaban J connectivity index is 0.000000250. The highest BCUT2D eigenvalue weighted by Crippen LogP contribution is 1.72. The molecule has 1 rings (SSSR count). The van der Waals surface area contributed by atoms with E-state index in [0.717, 1.165) is 0 Å². The molecule has 6 heavy (non-hydrogen) atoms. The molecule has 0 saturated heterocycles. The van der Waals surface area contributed by atoms with Crippen molar-refractivity contribution in [3.63, 3.8) is 0 Å². The molecule has 3 heteroatoms. The van der Waals surface area contributed by atoms with Crippen LogP contribution >= 0.6 is 9.90 Å². The van der Waals surface area contributed by atoms with Crippen LogP contribution < -0.4 is 0 Å². The predicted octanol–water partition coefficient (Wildman–Crippen LogP) is 0.733. The average molecular weight is 103 g/mol. The molecule has 1 heterocycles. The Kier molecular flexibility index (Phi) is 2.68. The Hall–Kier alpha value is -0.360. The van der Waals surface area contributed by atoms with Gasteiger partial charge in [-0.15, -0.1) is 0 Å². The summed E-state index contributed by atoms with van der Waals surface area (Å²) in [5, 5.41) is 0. The van der Waals surface area contributed by atoms with Crippen LogP contribution in [0.2, 0.25) is 0 Å². The SMILES string of the molecule is P.c1cocn1. The summed E-state index contributed by atoms with van der Waals surface area (Å²) in [7, 11) is 0. The molecule has 0 bridgehead atoms. The van der Waals surface area contributed by atoms with E-state index in [4.69, 9.17) is 0 Å². The zero-order valence-electron chi connectivity index (χ0n) is 3.29. The molecule has 1 aromatic rings. The molecule has 0 aromatic carbocycles. The maximum atomic E-state index is 4.47. The lowest BCUT2D eigenvalue weighted by Crippen LogP contribution is -1.38. The van der Waals surface area contributed by atoms with Gasteiger partial charge in [-0.25, -0.2) is 4.98 Å². The largest absolute Gasteiger partial charge is 0.452 e. The Morgan fingerprint density at radius 1 is 1.50 bits per heavy atom. The van der Waals surface area contributed by atoms with E-state index in [1.54, 1.807) is 6.20 Å². The van der Waals surface area contributed by atoms with E-state index in [1.165, 1.54) is 12.7 Å². The van der Waals surface area contributed by atoms with Crippen molar-refractivity contribution >= 4 is 9.90 Å². The van der Waals surface area contributed by atoms with Crippen LogP contribution in [0.1, 0.15) is 0 Å². The van der Waals surface area contributed by atoms with E-state index in [9.17, 15) is 0 Å². The van der Waals surface area contributed by atoms with Crippen LogP contribution in [0.15, 0.2) is 23.3 Å². The topological polar surface area (TPSA) is 26.0 Å². The zero-order valence-corrected chi connectivity index (χ0v) is 4.71. The van der Waals surface area contributed by atoms with Crippen molar-refractivity contribution in [2.75, 3.05) is 0 Å². The van der Waals surface area contributed by atoms with Crippen LogP contribution in [-0.4, -0.2) is 4.98 Å². The monoisotopic (exact) mass is 103 g/mol. The van der Waals surface area contributed by atoms with Gasteiger partial charge < -0.3 is 4.42 Å². The van der Waals surface area contributed by atoms with E-state index in [-0.39, 0.29) is 9.90 Å². The summed E-state index contributed by atoms with van der Waals surface area (Å²) < 4.78 is 4.47. The number of hydrogen-bond donors (Lipinski definition) is 0. The molecule has 0 saturated carbocycles. The third kappa shape index (κ3) is 1.18. The standard InChI is InChI=1S/C3H3NO.H3P/c1-2-5-3-4-1;/h1-3H;1H3. The summed E-state index contributed by atoms with van der Waals surface area (Å²) in [5.41, 5.74) is 0. The van der Waals surface area contributed by atoms with Crippen molar-refractivity contribution < 1.29 is 4.42 Å². The third-order valence-electron chi connectivity index (χ3n) is 0.347. The minimum atomic E-state index is 0. The maximum Gasteiger partial charge on any atom is 0.180 e. The highest BCUT2D eigenvalue weighted by molar-refractivity contribution is 6.92. The van der Waals surface area contributed by atoms with Gasteiger partial charge >= 0.3 is 0 Å². The van der Waals surface area contributed by atoms with Gasteiger partial charge in [0.05, 0.1) is 6.20 Å². The zero-order chi connectivity index (χ0) is 3.54. The first-order valence-electron chi connectivity index (χ1n) is 1.32. The molecule has 1 atom stereocenters. The van der Waals surface area contributed by atoms with Gasteiger partial charge in [-0.2, -0.15) is 9.90 Å². The number of hydrogen-bond acceptors (Lipinski definition) is 2. The number of oxazole rings is 1. The first kappa shape index (κ1) is 5.64. The van der Waals surface area contributed by atoms with Gasteiger partial charge in [-0.1, -0.05) is 0 Å². The van der Waals surface area contributed by atoms with E-state index < -0.39 is 0 Å². The lowest BCUT2D eigenvalue weighted by Gasteiger charge is -1.47. The second-order valence-corrected chi connectivity index (χ2v) is 0.676. The lowest BCUT2D eigenvalue weighted by atomic mass is 11.0. The van der Waals surface area contributed by atoms with E-state index in [0.29, 0.717) is 0 Å². The molecule has 0 amide bonds. The van der Waals surface area contributed by atoms with Gasteiger partial charge in [0.1, 0.15) is 6.26 Å². The van der Waals surface area contributed by atoms with Crippen molar-refractivity contribution in [2.45, 2.75) is 0 Å². The summed E-state index contributed by atoms with van der Waals surface area (Å²) in [5.74, 6) is 0. The summed E-state index contributed by atoms with van der Waals surface area (Å²) in [6.45, 7) is 0. The maximum absolute atomic E-state index is 4.47. The molecule has 0 radical (unpaired) electrons. The molecule has 1 aromatic heterocycles. The fourth-order valence-electron chi connectivity index (χ4n) is 0.176. The van der Waals surface area contributed by atoms with Crippen molar-refractivity contribution in [2.24, 2.45) is 0 Å². The number of rotatable bonds is 0. The normalized spacial score (nSPS) is 6.67. The van der Waals surface area contributed by atoms with E-state index in [1.807, 2.05) is 0 Å². The van der Waals surface area contributed by atoms with Crippen LogP contribution in [-0.2, 0) is 0 Å². The Labute approximate surface area is 39.2 Å². The second kappa shape index (κ2) is 2.86. The number of aromatic nitrogens is 1. The van der Waals surface area contributed by atoms with Gasteiger partial charge in [-0.3, -0.25) is 0 Å². The Morgan fingerprint density at radius 3 is 2.50 bits per heavy atom. The second-order valence-electron chi connectivity index (χ2n) is 0.676. The molecule has 0 aliphatic carbocycles. The molecule has 0 aliphatic heterocycles. The molecule has 0 fully saturated rings. The van der Waals surface area contributed by atoms with Gasteiger partial charge in [0.2, 0.25) is 0 Å². The molecule has 34 valence electrons. The third-order valence-corrected chi connectivity index (χ3v) is 0.347. The molecule has 0 N–H and O–H groups in total. The van der Waals surface area contributed by atoms with Gasteiger partial charge in [0.25, 0.3) is 0 Å². The first-order valence-corrected chi connectivity index (χ1v) is 1.32. The minimum Gasteiger partial charge on any atom is -0.452 e. The molecular formula is C3H6NOP. The van der Waals surface area contributed by atoms with Crippen LogP contribution in [0.25, 0.3) is 0 Å². The van der Waals surface area contributed by atoms with Gasteiger partial charge in [0.15, 0.2) is 6.39 Å². The molecule has 0 aliphatic rings. The molecular weight excluding hydrogens is 97.0 g/mol. The quantitative estimate of drug-likeness (QED) is 0.452. The van der Waals surface area contributed by atoms with Gasteiger partial charge in [0, 0.05) is 0 Å². The lowest BCUT2D eigenvalue weighted by molar-refractivity contribution is 0.558. The van der Waals surface area contributed by atoms with Crippen molar-refractivity contribution in [1.82, 2.24) is 4.98 Å². The fraction of sp³-hybridized carbons (Fsp3) is 0. The highest BCUT2D eigenvalue weighted by atomic mass is 31.0. The van der Waals surface area contributed by atoms with E-state index >= 15 is 0 Å². The smallest absolute Gasteiger partial charge is 0.180 e. The Bertz CT molecular complexity index is 67.3. The average Bonchev–Trinajstić information content (AvgIpc) is 1.76. The van der Waals surface area contributed by atoms with Crippen LogP contribution in [0.5, 0.6) is 0 Å². The Morgan fingerprint density at radius 2 is 2.33 bits per heavy atom. The summed E-state index contributed by atoms with van der Waals surface area (Å²) in [4.78, 5) is 3.56. The fourth-order valence-corrected chi connectivity index (χ4v) is 0.176. The minimum absolute atomic E-state index is 0. The van der Waals surface area contributed by atoms with Crippen LogP contribution in [0.4, 0.5) is 0 Å². The summed E-state index contributed by atoms with van der Waals surface area (Å²) >= 11 is 0. The van der Waals surface area contributed by atoms with Crippen molar-refractivity contribution in [1.29, 1.82) is 0 Å². The van der Waals surface area contributed by atoms with Gasteiger partial charge in [-0.05, 0) is 0 Å². The molecule has 1 unspecified atom stereocenters. The molecule has 2 nitrogen and oxygen atoms in total. The molecule has 0 spiro atoms. The summed E-state index contributed by atoms with van der Waals surface area (Å²) in [6, 6.07) is 0. The number of nitrogens with zero attached hydrogens (tertiary/aromatic N) is 1.